The molecule has 1 aromatic carbocycles. The summed E-state index contributed by atoms with van der Waals surface area (Å²) in [5.74, 6) is -0.293. The molecular formula is C13H17BrFNO2. The number of alkyl carbamates (subject to hydrolysis) is 1. The fraction of sp³-hybridized carbons (Fsp3) is 0.462. The van der Waals surface area contributed by atoms with Crippen molar-refractivity contribution in [3.8, 4) is 0 Å². The molecule has 0 saturated heterocycles. The van der Waals surface area contributed by atoms with Gasteiger partial charge in [-0.3, -0.25) is 0 Å². The van der Waals surface area contributed by atoms with Crippen molar-refractivity contribution in [2.75, 3.05) is 6.54 Å². The molecular weight excluding hydrogens is 301 g/mol. The second-order valence-electron chi connectivity index (χ2n) is 4.93. The molecule has 0 unspecified atom stereocenters. The molecule has 0 aliphatic carbocycles. The van der Waals surface area contributed by atoms with Crippen LogP contribution in [0.2, 0.25) is 0 Å². The number of benzene rings is 1. The minimum absolute atomic E-state index is 0.293. The fourth-order valence-corrected chi connectivity index (χ4v) is 1.74. The second kappa shape index (κ2) is 6.18. The van der Waals surface area contributed by atoms with E-state index in [1.54, 1.807) is 12.1 Å². The summed E-state index contributed by atoms with van der Waals surface area (Å²) in [5.41, 5.74) is 0.447. The van der Waals surface area contributed by atoms with Gasteiger partial charge in [0, 0.05) is 6.54 Å². The molecule has 0 saturated carbocycles. The third-order valence-electron chi connectivity index (χ3n) is 2.07. The van der Waals surface area contributed by atoms with Crippen molar-refractivity contribution in [3.63, 3.8) is 0 Å². The van der Waals surface area contributed by atoms with Crippen LogP contribution in [0.25, 0.3) is 0 Å². The zero-order chi connectivity index (χ0) is 13.8. The lowest BCUT2D eigenvalue weighted by Gasteiger charge is -2.19. The van der Waals surface area contributed by atoms with Gasteiger partial charge in [-0.1, -0.05) is 6.07 Å². The van der Waals surface area contributed by atoms with Gasteiger partial charge in [0.1, 0.15) is 11.4 Å². The van der Waals surface area contributed by atoms with E-state index in [0.717, 1.165) is 5.56 Å². The van der Waals surface area contributed by atoms with E-state index in [0.29, 0.717) is 17.4 Å². The monoisotopic (exact) mass is 317 g/mol. The minimum Gasteiger partial charge on any atom is -0.444 e. The standard InChI is InChI=1S/C13H17BrFNO2/c1-13(2,3)18-12(17)16-7-6-9-4-5-11(15)10(14)8-9/h4-5,8H,6-7H2,1-3H3,(H,16,17). The lowest BCUT2D eigenvalue weighted by molar-refractivity contribution is 0.0528. The molecule has 18 heavy (non-hydrogen) atoms. The highest BCUT2D eigenvalue weighted by Crippen LogP contribution is 2.16. The molecule has 1 rings (SSSR count). The summed E-state index contributed by atoms with van der Waals surface area (Å²) < 4.78 is 18.5. The summed E-state index contributed by atoms with van der Waals surface area (Å²) in [5, 5.41) is 2.65. The SMILES string of the molecule is CC(C)(C)OC(=O)NCCc1ccc(F)c(Br)c1. The first-order valence-corrected chi connectivity index (χ1v) is 6.48. The van der Waals surface area contributed by atoms with E-state index < -0.39 is 11.7 Å². The number of hydrogen-bond donors (Lipinski definition) is 1. The van der Waals surface area contributed by atoms with Crippen molar-refractivity contribution >= 4 is 22.0 Å². The van der Waals surface area contributed by atoms with Crippen LogP contribution < -0.4 is 5.32 Å². The highest BCUT2D eigenvalue weighted by molar-refractivity contribution is 9.10. The maximum atomic E-state index is 13.0. The Morgan fingerprint density at radius 1 is 1.44 bits per heavy atom. The quantitative estimate of drug-likeness (QED) is 0.924. The average Bonchev–Trinajstić information content (AvgIpc) is 2.20. The Hall–Kier alpha value is -1.10. The number of carbonyl (C=O) groups excluding carboxylic acids is 1. The molecule has 0 bridgehead atoms. The largest absolute Gasteiger partial charge is 0.444 e. The number of hydrogen-bond acceptors (Lipinski definition) is 2. The molecule has 5 heteroatoms. The molecule has 0 spiro atoms. The van der Waals surface area contributed by atoms with Gasteiger partial charge in [-0.05, 0) is 60.8 Å². The Kier molecular flexibility index (Phi) is 5.14. The lowest BCUT2D eigenvalue weighted by Crippen LogP contribution is -2.33. The smallest absolute Gasteiger partial charge is 0.407 e. The summed E-state index contributed by atoms with van der Waals surface area (Å²) in [6.07, 6.45) is 0.182. The van der Waals surface area contributed by atoms with Crippen molar-refractivity contribution in [1.29, 1.82) is 0 Å². The predicted octanol–water partition coefficient (Wildman–Crippen LogP) is 3.66. The van der Waals surface area contributed by atoms with Gasteiger partial charge in [-0.15, -0.1) is 0 Å². The first-order chi connectivity index (χ1) is 8.28. The van der Waals surface area contributed by atoms with Gasteiger partial charge in [0.2, 0.25) is 0 Å². The molecule has 0 aliphatic heterocycles. The zero-order valence-electron chi connectivity index (χ0n) is 10.7. The highest BCUT2D eigenvalue weighted by Gasteiger charge is 2.15. The predicted molar refractivity (Wildman–Crippen MR) is 72.0 cm³/mol. The van der Waals surface area contributed by atoms with E-state index >= 15 is 0 Å². The van der Waals surface area contributed by atoms with E-state index in [1.165, 1.54) is 6.07 Å². The Morgan fingerprint density at radius 3 is 2.67 bits per heavy atom. The second-order valence-corrected chi connectivity index (χ2v) is 5.78. The minimum atomic E-state index is -0.497. The van der Waals surface area contributed by atoms with Crippen LogP contribution in [0.3, 0.4) is 0 Å². The number of amides is 1. The number of ether oxygens (including phenoxy) is 1. The molecule has 3 nitrogen and oxygen atoms in total. The highest BCUT2D eigenvalue weighted by atomic mass is 79.9. The van der Waals surface area contributed by atoms with E-state index in [9.17, 15) is 9.18 Å². The van der Waals surface area contributed by atoms with Gasteiger partial charge in [-0.2, -0.15) is 0 Å². The van der Waals surface area contributed by atoms with Crippen molar-refractivity contribution < 1.29 is 13.9 Å². The van der Waals surface area contributed by atoms with Crippen molar-refractivity contribution in [2.45, 2.75) is 32.8 Å². The molecule has 0 aromatic heterocycles. The van der Waals surface area contributed by atoms with Gasteiger partial charge >= 0.3 is 6.09 Å². The van der Waals surface area contributed by atoms with E-state index in [2.05, 4.69) is 21.2 Å². The van der Waals surface area contributed by atoms with Gasteiger partial charge < -0.3 is 10.1 Å². The van der Waals surface area contributed by atoms with Crippen molar-refractivity contribution in [2.24, 2.45) is 0 Å². The van der Waals surface area contributed by atoms with Crippen LogP contribution in [0.4, 0.5) is 9.18 Å². The van der Waals surface area contributed by atoms with Crippen molar-refractivity contribution in [1.82, 2.24) is 5.32 Å². The van der Waals surface area contributed by atoms with Gasteiger partial charge in [0.25, 0.3) is 0 Å². The maximum absolute atomic E-state index is 13.0. The Balaban J connectivity index is 2.38. The molecule has 1 aromatic rings. The zero-order valence-corrected chi connectivity index (χ0v) is 12.3. The van der Waals surface area contributed by atoms with Gasteiger partial charge in [0.15, 0.2) is 0 Å². The summed E-state index contributed by atoms with van der Waals surface area (Å²) in [6, 6.07) is 4.79. The maximum Gasteiger partial charge on any atom is 0.407 e. The average molecular weight is 318 g/mol. The number of rotatable bonds is 3. The number of halogens is 2. The van der Waals surface area contributed by atoms with Crippen LogP contribution in [-0.2, 0) is 11.2 Å². The summed E-state index contributed by atoms with van der Waals surface area (Å²) >= 11 is 3.12. The van der Waals surface area contributed by atoms with Crippen LogP contribution in [0.1, 0.15) is 26.3 Å². The summed E-state index contributed by atoms with van der Waals surface area (Å²) in [4.78, 5) is 11.4. The van der Waals surface area contributed by atoms with Crippen molar-refractivity contribution in [3.05, 3.63) is 34.1 Å². The topological polar surface area (TPSA) is 38.3 Å². The van der Waals surface area contributed by atoms with E-state index in [1.807, 2.05) is 20.8 Å². The van der Waals surface area contributed by atoms with Crippen LogP contribution in [0.5, 0.6) is 0 Å². The first-order valence-electron chi connectivity index (χ1n) is 5.69. The molecule has 0 atom stereocenters. The molecule has 0 heterocycles. The van der Waals surface area contributed by atoms with Crippen LogP contribution in [-0.4, -0.2) is 18.2 Å². The van der Waals surface area contributed by atoms with Crippen LogP contribution in [0.15, 0.2) is 22.7 Å². The normalized spacial score (nSPS) is 11.2. The van der Waals surface area contributed by atoms with E-state index in [-0.39, 0.29) is 5.82 Å². The van der Waals surface area contributed by atoms with Crippen LogP contribution >= 0.6 is 15.9 Å². The molecule has 1 amide bonds. The Morgan fingerprint density at radius 2 is 2.11 bits per heavy atom. The third-order valence-corrected chi connectivity index (χ3v) is 2.67. The lowest BCUT2D eigenvalue weighted by atomic mass is 10.1. The molecule has 100 valence electrons. The number of carbonyl (C=O) groups is 1. The fourth-order valence-electron chi connectivity index (χ4n) is 1.32. The first kappa shape index (κ1) is 15.0. The molecule has 1 N–H and O–H groups in total. The van der Waals surface area contributed by atoms with Crippen LogP contribution in [0, 0.1) is 5.82 Å². The molecule has 0 fully saturated rings. The summed E-state index contributed by atoms with van der Waals surface area (Å²) in [7, 11) is 0. The molecule has 0 aliphatic rings. The number of nitrogens with one attached hydrogen (secondary N) is 1. The third kappa shape index (κ3) is 5.49. The Bertz CT molecular complexity index is 429. The van der Waals surface area contributed by atoms with E-state index in [4.69, 9.17) is 4.74 Å². The summed E-state index contributed by atoms with van der Waals surface area (Å²) in [6.45, 7) is 5.88. The Labute approximate surface area is 115 Å². The molecule has 0 radical (unpaired) electrons. The van der Waals surface area contributed by atoms with Gasteiger partial charge in [-0.25, -0.2) is 9.18 Å². The van der Waals surface area contributed by atoms with Gasteiger partial charge in [0.05, 0.1) is 4.47 Å².